The Morgan fingerprint density at radius 3 is 2.57 bits per heavy atom. The maximum Gasteiger partial charge on any atom is 1.00 e. The Labute approximate surface area is 150 Å². The first-order valence-electron chi connectivity index (χ1n) is 6.92. The monoisotopic (exact) mass is 319 g/mol. The van der Waals surface area contributed by atoms with E-state index in [0.717, 1.165) is 17.7 Å². The molecule has 0 amide bonds. The summed E-state index contributed by atoms with van der Waals surface area (Å²) in [5, 5.41) is 0. The molecule has 1 atom stereocenters. The number of hydrogen-bond donors (Lipinski definition) is 0. The van der Waals surface area contributed by atoms with Crippen LogP contribution in [0.25, 0.3) is 0 Å². The molecule has 0 aromatic heterocycles. The molecule has 21 heavy (non-hydrogen) atoms. The molecule has 2 rings (SSSR count). The van der Waals surface area contributed by atoms with E-state index in [1.54, 1.807) is 0 Å². The number of aryl methyl sites for hydroxylation is 1. The van der Waals surface area contributed by atoms with E-state index in [0.29, 0.717) is 5.92 Å². The van der Waals surface area contributed by atoms with Gasteiger partial charge < -0.3 is 9.45 Å². The van der Waals surface area contributed by atoms with Gasteiger partial charge in [0.2, 0.25) is 0 Å². The molecule has 0 saturated carbocycles. The van der Waals surface area contributed by atoms with E-state index < -0.39 is 10.1 Å². The summed E-state index contributed by atoms with van der Waals surface area (Å²) in [5.74, 6) is 0.0822. The molecule has 0 radical (unpaired) electrons. The van der Waals surface area contributed by atoms with E-state index in [1.165, 1.54) is 5.56 Å². The van der Waals surface area contributed by atoms with Crippen LogP contribution in [0.1, 0.15) is 44.2 Å². The Bertz CT molecular complexity index is 613. The van der Waals surface area contributed by atoms with E-state index in [2.05, 4.69) is 43.9 Å². The molecule has 1 aromatic rings. The molecule has 0 fully saturated rings. The summed E-state index contributed by atoms with van der Waals surface area (Å²) in [6, 6.07) is 6.28. The molecule has 0 spiro atoms. The fraction of sp³-hybridized carbons (Fsp3) is 0.600. The second-order valence-corrected chi connectivity index (χ2v) is 7.92. The largest absolute Gasteiger partial charge is 1.00 e. The van der Waals surface area contributed by atoms with E-state index in [-0.39, 0.29) is 47.4 Å². The normalized spacial score (nSPS) is 20.6. The van der Waals surface area contributed by atoms with Gasteiger partial charge in [-0.2, -0.15) is 0 Å². The average Bonchev–Trinajstić information content (AvgIpc) is 2.25. The molecular formula is C15H22NNaO3S. The van der Waals surface area contributed by atoms with Crippen molar-refractivity contribution in [2.24, 2.45) is 0 Å². The van der Waals surface area contributed by atoms with Crippen LogP contribution >= 0.6 is 0 Å². The maximum absolute atomic E-state index is 10.9. The first-order chi connectivity index (χ1) is 9.10. The van der Waals surface area contributed by atoms with Gasteiger partial charge in [-0.1, -0.05) is 19.1 Å². The van der Waals surface area contributed by atoms with Gasteiger partial charge in [-0.3, -0.25) is 0 Å². The molecule has 1 unspecified atom stereocenters. The third-order valence-electron chi connectivity index (χ3n) is 4.11. The summed E-state index contributed by atoms with van der Waals surface area (Å²) in [7, 11) is -4.19. The maximum atomic E-state index is 10.9. The minimum atomic E-state index is -4.19. The fourth-order valence-electron chi connectivity index (χ4n) is 3.23. The molecule has 1 heterocycles. The zero-order valence-electron chi connectivity index (χ0n) is 13.5. The van der Waals surface area contributed by atoms with Gasteiger partial charge in [0.1, 0.15) is 0 Å². The number of rotatable bonds is 3. The number of anilines is 1. The van der Waals surface area contributed by atoms with Gasteiger partial charge in [0.15, 0.2) is 0 Å². The van der Waals surface area contributed by atoms with Crippen molar-refractivity contribution in [2.45, 2.75) is 45.6 Å². The summed E-state index contributed by atoms with van der Waals surface area (Å²) in [4.78, 5) is 2.07. The van der Waals surface area contributed by atoms with Crippen molar-refractivity contribution in [3.63, 3.8) is 0 Å². The van der Waals surface area contributed by atoms with Crippen molar-refractivity contribution in [1.82, 2.24) is 0 Å². The van der Waals surface area contributed by atoms with E-state index >= 15 is 0 Å². The van der Waals surface area contributed by atoms with Crippen molar-refractivity contribution < 1.29 is 42.5 Å². The molecule has 1 aliphatic rings. The Morgan fingerprint density at radius 1 is 1.38 bits per heavy atom. The quantitative estimate of drug-likeness (QED) is 0.564. The topological polar surface area (TPSA) is 60.4 Å². The second kappa shape index (κ2) is 6.59. The van der Waals surface area contributed by atoms with Gasteiger partial charge in [0.25, 0.3) is 0 Å². The van der Waals surface area contributed by atoms with Gasteiger partial charge in [0, 0.05) is 17.8 Å². The van der Waals surface area contributed by atoms with Crippen LogP contribution in [0.15, 0.2) is 18.2 Å². The van der Waals surface area contributed by atoms with Gasteiger partial charge in [-0.15, -0.1) is 0 Å². The van der Waals surface area contributed by atoms with Crippen LogP contribution in [0.4, 0.5) is 5.69 Å². The first kappa shape index (κ1) is 19.0. The summed E-state index contributed by atoms with van der Waals surface area (Å²) in [5.41, 5.74) is 3.30. The molecule has 1 aromatic carbocycles. The zero-order valence-corrected chi connectivity index (χ0v) is 16.3. The molecule has 6 heteroatoms. The first-order valence-corrected chi connectivity index (χ1v) is 8.50. The van der Waals surface area contributed by atoms with Gasteiger partial charge >= 0.3 is 29.6 Å². The summed E-state index contributed by atoms with van der Waals surface area (Å²) in [6.45, 7) is 8.67. The Kier molecular flexibility index (Phi) is 5.95. The van der Waals surface area contributed by atoms with Crippen molar-refractivity contribution in [3.05, 3.63) is 29.3 Å². The van der Waals surface area contributed by atoms with Crippen LogP contribution < -0.4 is 34.5 Å². The zero-order chi connectivity index (χ0) is 15.1. The van der Waals surface area contributed by atoms with E-state index in [4.69, 9.17) is 0 Å². The smallest absolute Gasteiger partial charge is 0.748 e. The molecule has 0 bridgehead atoms. The molecule has 0 aliphatic carbocycles. The second-order valence-electron chi connectivity index (χ2n) is 6.39. The average molecular weight is 319 g/mol. The van der Waals surface area contributed by atoms with Crippen molar-refractivity contribution in [1.29, 1.82) is 0 Å². The molecule has 112 valence electrons. The van der Waals surface area contributed by atoms with Crippen LogP contribution in [0.2, 0.25) is 0 Å². The van der Waals surface area contributed by atoms with Crippen molar-refractivity contribution in [2.75, 3.05) is 17.2 Å². The van der Waals surface area contributed by atoms with Crippen molar-refractivity contribution >= 4 is 15.8 Å². The van der Waals surface area contributed by atoms with Crippen LogP contribution in [-0.4, -0.2) is 30.8 Å². The Morgan fingerprint density at radius 2 is 2.00 bits per heavy atom. The van der Waals surface area contributed by atoms with Gasteiger partial charge in [-0.05, 0) is 50.3 Å². The van der Waals surface area contributed by atoms with Gasteiger partial charge in [-0.25, -0.2) is 8.42 Å². The predicted molar refractivity (Wildman–Crippen MR) is 80.2 cm³/mol. The number of hydrogen-bond acceptors (Lipinski definition) is 4. The Balaban J connectivity index is 0.00000220. The fourth-order valence-corrected chi connectivity index (χ4v) is 3.63. The standard InChI is InChI=1S/C15H23NO3S.Na/c1-11-5-6-13-12(2)10-15(3,4)16(14(13)9-11)7-8-20(17,18)19;/h5-6,9,12H,7-8,10H2,1-4H3,(H,17,18,19);/q;+1/p-1. The predicted octanol–water partition coefficient (Wildman–Crippen LogP) is -0.364. The molecular weight excluding hydrogens is 297 g/mol. The SMILES string of the molecule is Cc1ccc2c(c1)N(CCS(=O)(=O)[O-])C(C)(C)CC2C.[Na+]. The number of fused-ring (bicyclic) bond motifs is 1. The summed E-state index contributed by atoms with van der Waals surface area (Å²) in [6.07, 6.45) is 0.946. The van der Waals surface area contributed by atoms with Crippen LogP contribution in [0.5, 0.6) is 0 Å². The molecule has 4 nitrogen and oxygen atoms in total. The minimum absolute atomic E-state index is 0. The minimum Gasteiger partial charge on any atom is -0.748 e. The molecule has 1 aliphatic heterocycles. The van der Waals surface area contributed by atoms with E-state index in [1.807, 2.05) is 6.92 Å². The summed E-state index contributed by atoms with van der Waals surface area (Å²) >= 11 is 0. The number of benzene rings is 1. The number of nitrogens with zero attached hydrogens (tertiary/aromatic N) is 1. The van der Waals surface area contributed by atoms with Crippen LogP contribution in [0.3, 0.4) is 0 Å². The third-order valence-corrected chi connectivity index (χ3v) is 4.79. The summed E-state index contributed by atoms with van der Waals surface area (Å²) < 4.78 is 32.8. The van der Waals surface area contributed by atoms with Crippen molar-refractivity contribution in [3.8, 4) is 0 Å². The van der Waals surface area contributed by atoms with Crippen LogP contribution in [0, 0.1) is 6.92 Å². The van der Waals surface area contributed by atoms with Crippen LogP contribution in [-0.2, 0) is 10.1 Å². The molecule has 0 saturated heterocycles. The Hall–Kier alpha value is -0.0700. The van der Waals surface area contributed by atoms with Gasteiger partial charge in [0.05, 0.1) is 15.9 Å². The molecule has 0 N–H and O–H groups in total. The van der Waals surface area contributed by atoms with E-state index in [9.17, 15) is 13.0 Å². The third kappa shape index (κ3) is 4.45.